The van der Waals surface area contributed by atoms with E-state index in [2.05, 4.69) is 48.5 Å². The summed E-state index contributed by atoms with van der Waals surface area (Å²) in [5.41, 5.74) is 3.52. The van der Waals surface area contributed by atoms with E-state index in [0.717, 1.165) is 25.2 Å². The van der Waals surface area contributed by atoms with Crippen LogP contribution in [0.4, 0.5) is 0 Å². The summed E-state index contributed by atoms with van der Waals surface area (Å²) < 4.78 is 3.86. The first kappa shape index (κ1) is 13.8. The molecule has 2 rings (SSSR count). The molecule has 1 N–H and O–H groups in total. The maximum Gasteiger partial charge on any atom is 0.0762 e. The van der Waals surface area contributed by atoms with Gasteiger partial charge in [-0.2, -0.15) is 10.2 Å². The molecule has 0 saturated carbocycles. The first-order valence-corrected chi connectivity index (χ1v) is 6.86. The molecule has 0 bridgehead atoms. The molecular formula is C14H23N5. The maximum atomic E-state index is 4.52. The molecule has 0 aliphatic rings. The van der Waals surface area contributed by atoms with Crippen LogP contribution >= 0.6 is 0 Å². The zero-order valence-electron chi connectivity index (χ0n) is 12.2. The standard InChI is InChI=1S/C14H23N5/c1-5-14-12(10-18(4)17-14)8-15-9-13-6-7-19(16-13)11(2)3/h6-7,10-11,15H,5,8-9H2,1-4H3. The van der Waals surface area contributed by atoms with Crippen LogP contribution < -0.4 is 5.32 Å². The normalized spacial score (nSPS) is 11.4. The van der Waals surface area contributed by atoms with Crippen LogP contribution in [0.2, 0.25) is 0 Å². The van der Waals surface area contributed by atoms with E-state index < -0.39 is 0 Å². The summed E-state index contributed by atoms with van der Waals surface area (Å²) in [4.78, 5) is 0. The Bertz CT molecular complexity index is 524. The van der Waals surface area contributed by atoms with E-state index in [1.54, 1.807) is 0 Å². The van der Waals surface area contributed by atoms with E-state index in [4.69, 9.17) is 0 Å². The molecule has 2 heterocycles. The predicted molar refractivity (Wildman–Crippen MR) is 75.7 cm³/mol. The fourth-order valence-electron chi connectivity index (χ4n) is 2.11. The van der Waals surface area contributed by atoms with Gasteiger partial charge in [0.15, 0.2) is 0 Å². The molecule has 104 valence electrons. The molecule has 0 fully saturated rings. The van der Waals surface area contributed by atoms with Crippen LogP contribution in [0.5, 0.6) is 0 Å². The van der Waals surface area contributed by atoms with Crippen LogP contribution in [0.15, 0.2) is 18.5 Å². The van der Waals surface area contributed by atoms with Crippen LogP contribution in [-0.4, -0.2) is 19.6 Å². The minimum atomic E-state index is 0.416. The number of nitrogens with zero attached hydrogens (tertiary/aromatic N) is 4. The van der Waals surface area contributed by atoms with Crippen LogP contribution in [0.1, 0.15) is 43.8 Å². The van der Waals surface area contributed by atoms with Gasteiger partial charge in [-0.15, -0.1) is 0 Å². The average Bonchev–Trinajstić information content (AvgIpc) is 2.96. The Balaban J connectivity index is 1.88. The summed E-state index contributed by atoms with van der Waals surface area (Å²) in [6, 6.07) is 2.48. The van der Waals surface area contributed by atoms with Crippen molar-refractivity contribution in [2.75, 3.05) is 0 Å². The number of rotatable bonds is 6. The molecule has 0 atom stereocenters. The second-order valence-electron chi connectivity index (χ2n) is 5.11. The van der Waals surface area contributed by atoms with Gasteiger partial charge in [-0.1, -0.05) is 6.92 Å². The van der Waals surface area contributed by atoms with Crippen molar-refractivity contribution in [1.82, 2.24) is 24.9 Å². The highest BCUT2D eigenvalue weighted by Gasteiger charge is 2.06. The minimum Gasteiger partial charge on any atom is -0.307 e. The quantitative estimate of drug-likeness (QED) is 0.865. The van der Waals surface area contributed by atoms with Crippen LogP contribution in [-0.2, 0) is 26.6 Å². The lowest BCUT2D eigenvalue weighted by molar-refractivity contribution is 0.521. The van der Waals surface area contributed by atoms with E-state index in [9.17, 15) is 0 Å². The van der Waals surface area contributed by atoms with Crippen molar-refractivity contribution in [2.45, 2.75) is 46.3 Å². The zero-order valence-corrected chi connectivity index (χ0v) is 12.2. The summed E-state index contributed by atoms with van der Waals surface area (Å²) in [6.45, 7) is 8.03. The SMILES string of the molecule is CCc1nn(C)cc1CNCc1ccn(C(C)C)n1. The first-order chi connectivity index (χ1) is 9.10. The first-order valence-electron chi connectivity index (χ1n) is 6.86. The van der Waals surface area contributed by atoms with Gasteiger partial charge < -0.3 is 5.32 Å². The Labute approximate surface area is 114 Å². The highest BCUT2D eigenvalue weighted by atomic mass is 15.3. The molecule has 19 heavy (non-hydrogen) atoms. The highest BCUT2D eigenvalue weighted by molar-refractivity contribution is 5.16. The zero-order chi connectivity index (χ0) is 13.8. The largest absolute Gasteiger partial charge is 0.307 e. The smallest absolute Gasteiger partial charge is 0.0762 e. The van der Waals surface area contributed by atoms with E-state index in [-0.39, 0.29) is 0 Å². The lowest BCUT2D eigenvalue weighted by Crippen LogP contribution is -2.14. The van der Waals surface area contributed by atoms with E-state index >= 15 is 0 Å². The summed E-state index contributed by atoms with van der Waals surface area (Å²) >= 11 is 0. The molecule has 0 saturated heterocycles. The third kappa shape index (κ3) is 3.44. The molecule has 0 amide bonds. The molecule has 5 nitrogen and oxygen atoms in total. The fourth-order valence-corrected chi connectivity index (χ4v) is 2.11. The molecule has 0 aliphatic heterocycles. The summed E-state index contributed by atoms with van der Waals surface area (Å²) in [5, 5.41) is 12.4. The third-order valence-corrected chi connectivity index (χ3v) is 3.14. The van der Waals surface area contributed by atoms with Gasteiger partial charge in [0.05, 0.1) is 11.4 Å². The van der Waals surface area contributed by atoms with Crippen molar-refractivity contribution in [3.63, 3.8) is 0 Å². The van der Waals surface area contributed by atoms with Gasteiger partial charge in [0.25, 0.3) is 0 Å². The molecule has 2 aromatic rings. The van der Waals surface area contributed by atoms with Gasteiger partial charge in [-0.05, 0) is 26.3 Å². The molecule has 0 unspecified atom stereocenters. The van der Waals surface area contributed by atoms with Crippen molar-refractivity contribution < 1.29 is 0 Å². The van der Waals surface area contributed by atoms with E-state index in [0.29, 0.717) is 6.04 Å². The van der Waals surface area contributed by atoms with Crippen molar-refractivity contribution in [2.24, 2.45) is 7.05 Å². The van der Waals surface area contributed by atoms with Crippen molar-refractivity contribution in [1.29, 1.82) is 0 Å². The van der Waals surface area contributed by atoms with Gasteiger partial charge in [-0.25, -0.2) is 0 Å². The van der Waals surface area contributed by atoms with E-state index in [1.807, 2.05) is 22.6 Å². The van der Waals surface area contributed by atoms with Crippen LogP contribution in [0.3, 0.4) is 0 Å². The van der Waals surface area contributed by atoms with Crippen molar-refractivity contribution in [3.05, 3.63) is 35.4 Å². The molecule has 5 heteroatoms. The van der Waals surface area contributed by atoms with Gasteiger partial charge in [0.2, 0.25) is 0 Å². The Morgan fingerprint density at radius 1 is 1.26 bits per heavy atom. The Hall–Kier alpha value is -1.62. The number of nitrogens with one attached hydrogen (secondary N) is 1. The minimum absolute atomic E-state index is 0.416. The number of hydrogen-bond acceptors (Lipinski definition) is 3. The Kier molecular flexibility index (Phi) is 4.37. The number of aromatic nitrogens is 4. The van der Waals surface area contributed by atoms with Crippen molar-refractivity contribution >= 4 is 0 Å². The van der Waals surface area contributed by atoms with Crippen molar-refractivity contribution in [3.8, 4) is 0 Å². The molecule has 0 aliphatic carbocycles. The number of hydrogen-bond donors (Lipinski definition) is 1. The topological polar surface area (TPSA) is 47.7 Å². The maximum absolute atomic E-state index is 4.52. The molecule has 0 spiro atoms. The van der Waals surface area contributed by atoms with Gasteiger partial charge in [0, 0.05) is 44.1 Å². The van der Waals surface area contributed by atoms with Gasteiger partial charge in [-0.3, -0.25) is 9.36 Å². The second-order valence-corrected chi connectivity index (χ2v) is 5.11. The van der Waals surface area contributed by atoms with Gasteiger partial charge in [0.1, 0.15) is 0 Å². The average molecular weight is 261 g/mol. The monoisotopic (exact) mass is 261 g/mol. The number of aryl methyl sites for hydroxylation is 2. The molecule has 2 aromatic heterocycles. The Morgan fingerprint density at radius 3 is 2.68 bits per heavy atom. The Morgan fingerprint density at radius 2 is 2.05 bits per heavy atom. The van der Waals surface area contributed by atoms with Crippen LogP contribution in [0.25, 0.3) is 0 Å². The fraction of sp³-hybridized carbons (Fsp3) is 0.571. The summed E-state index contributed by atoms with van der Waals surface area (Å²) in [7, 11) is 1.97. The molecule has 0 radical (unpaired) electrons. The lowest BCUT2D eigenvalue weighted by atomic mass is 10.2. The molecule has 0 aromatic carbocycles. The highest BCUT2D eigenvalue weighted by Crippen LogP contribution is 2.08. The second kappa shape index (κ2) is 6.02. The van der Waals surface area contributed by atoms with Crippen LogP contribution in [0, 0.1) is 0 Å². The molecular weight excluding hydrogens is 238 g/mol. The third-order valence-electron chi connectivity index (χ3n) is 3.14. The van der Waals surface area contributed by atoms with Gasteiger partial charge >= 0.3 is 0 Å². The summed E-state index contributed by atoms with van der Waals surface area (Å²) in [6.07, 6.45) is 5.08. The van der Waals surface area contributed by atoms with E-state index in [1.165, 1.54) is 11.3 Å². The predicted octanol–water partition coefficient (Wildman–Crippen LogP) is 2.05. The summed E-state index contributed by atoms with van der Waals surface area (Å²) in [5.74, 6) is 0. The lowest BCUT2D eigenvalue weighted by Gasteiger charge is -2.04.